The highest BCUT2D eigenvalue weighted by molar-refractivity contribution is 6.94. The van der Waals surface area contributed by atoms with Gasteiger partial charge in [-0.25, -0.2) is 0 Å². The minimum absolute atomic E-state index is 0.190. The maximum Gasteiger partial charge on any atom is 0.333 e. The van der Waals surface area contributed by atoms with Gasteiger partial charge >= 0.3 is 6.85 Å². The lowest BCUT2D eigenvalue weighted by molar-refractivity contribution is 0.668. The Morgan fingerprint density at radius 3 is 1.81 bits per heavy atom. The van der Waals surface area contributed by atoms with Crippen LogP contribution >= 0.6 is 0 Å². The van der Waals surface area contributed by atoms with Gasteiger partial charge in [-0.3, -0.25) is 0 Å². The Morgan fingerprint density at radius 2 is 1.05 bits per heavy atom. The predicted octanol–water partition coefficient (Wildman–Crippen LogP) is 13.8. The molecule has 1 aromatic heterocycles. The van der Waals surface area contributed by atoms with Crippen LogP contribution in [0.4, 0.5) is 28.4 Å². The number of para-hydroxylation sites is 3. The van der Waals surface area contributed by atoms with Crippen molar-refractivity contribution in [3.8, 4) is 22.3 Å². The molecule has 0 radical (unpaired) electrons. The van der Waals surface area contributed by atoms with E-state index in [-0.39, 0.29) is 6.85 Å². The largest absolute Gasteiger partial charge is 0.454 e. The highest BCUT2D eigenvalue weighted by Gasteiger charge is 2.53. The van der Waals surface area contributed by atoms with E-state index in [9.17, 15) is 0 Å². The number of benzene rings is 10. The summed E-state index contributed by atoms with van der Waals surface area (Å²) in [7, 11) is 0. The summed E-state index contributed by atoms with van der Waals surface area (Å²) < 4.78 is 7.17. The minimum Gasteiger partial charge on any atom is -0.454 e. The second-order valence-corrected chi connectivity index (χ2v) is 17.1. The molecule has 3 nitrogen and oxygen atoms in total. The lowest BCUT2D eigenvalue weighted by Gasteiger charge is -2.52. The van der Waals surface area contributed by atoms with Crippen LogP contribution in [0.5, 0.6) is 0 Å². The topological polar surface area (TPSA) is 19.6 Å². The van der Waals surface area contributed by atoms with E-state index in [1.165, 1.54) is 77.6 Å². The van der Waals surface area contributed by atoms with Crippen molar-refractivity contribution in [1.82, 2.24) is 0 Å². The third-order valence-corrected chi connectivity index (χ3v) is 14.1. The second kappa shape index (κ2) is 13.0. The molecule has 10 aromatic carbocycles. The van der Waals surface area contributed by atoms with Gasteiger partial charge in [-0.1, -0.05) is 182 Å². The number of furan rings is 1. The number of hydrogen-bond acceptors (Lipinski definition) is 3. The molecular formula is C59H37BN2O. The quantitative estimate of drug-likeness (QED) is 0.165. The van der Waals surface area contributed by atoms with Gasteiger partial charge in [0.1, 0.15) is 5.58 Å². The molecule has 0 amide bonds. The number of hydrogen-bond donors (Lipinski definition) is 0. The first kappa shape index (κ1) is 34.6. The van der Waals surface area contributed by atoms with Gasteiger partial charge in [0.2, 0.25) is 0 Å². The summed E-state index contributed by atoms with van der Waals surface area (Å²) in [6, 6.07) is 82.9. The molecule has 4 heteroatoms. The monoisotopic (exact) mass is 800 g/mol. The van der Waals surface area contributed by atoms with E-state index in [0.29, 0.717) is 0 Å². The fraction of sp³-hybridized carbons (Fsp3) is 0.0169. The molecule has 0 fully saturated rings. The maximum atomic E-state index is 7.17. The van der Waals surface area contributed by atoms with Crippen molar-refractivity contribution in [2.45, 2.75) is 5.41 Å². The van der Waals surface area contributed by atoms with Gasteiger partial charge in [-0.05, 0) is 103 Å². The van der Waals surface area contributed by atoms with Crippen molar-refractivity contribution in [2.75, 3.05) is 9.71 Å². The third kappa shape index (κ3) is 4.64. The standard InChI is InChI=1S/C59H37BN2O/c1-4-17-38(18-5-1)39-31-33-44(34-32-39)62-53-36-41-20-11-10-19-40(41)35-46(53)47-37-48-45-25-12-15-30-54(45)63-58(48)57-55(47)60(62)51-28-16-27-50-56(51)61(57)52-29-14-13-26-49(52)59(50,42-21-6-2-7-22-42)43-23-8-3-9-24-43/h1-37H. The van der Waals surface area contributed by atoms with Gasteiger partial charge in [0.25, 0.3) is 0 Å². The number of anilines is 5. The lowest BCUT2D eigenvalue weighted by Crippen LogP contribution is -2.62. The van der Waals surface area contributed by atoms with E-state index in [2.05, 4.69) is 234 Å². The van der Waals surface area contributed by atoms with Crippen molar-refractivity contribution in [3.63, 3.8) is 0 Å². The summed E-state index contributed by atoms with van der Waals surface area (Å²) in [6.45, 7) is -0.190. The predicted molar refractivity (Wildman–Crippen MR) is 262 cm³/mol. The van der Waals surface area contributed by atoms with Crippen LogP contribution in [0.15, 0.2) is 229 Å². The van der Waals surface area contributed by atoms with Gasteiger partial charge in [-0.15, -0.1) is 0 Å². The number of nitrogens with zero attached hydrogens (tertiary/aromatic N) is 2. The van der Waals surface area contributed by atoms with E-state index in [1.807, 2.05) is 0 Å². The first-order valence-electron chi connectivity index (χ1n) is 21.9. The van der Waals surface area contributed by atoms with Crippen LogP contribution in [0.2, 0.25) is 0 Å². The smallest absolute Gasteiger partial charge is 0.333 e. The lowest BCUT2D eigenvalue weighted by atomic mass is 9.42. The van der Waals surface area contributed by atoms with Crippen molar-refractivity contribution in [3.05, 3.63) is 247 Å². The summed E-state index contributed by atoms with van der Waals surface area (Å²) in [5.74, 6) is 0. The summed E-state index contributed by atoms with van der Waals surface area (Å²) in [5.41, 5.74) is 19.3. The van der Waals surface area contributed by atoms with Crippen LogP contribution < -0.4 is 20.6 Å². The van der Waals surface area contributed by atoms with Gasteiger partial charge in [0, 0.05) is 33.4 Å². The molecule has 0 bridgehead atoms. The molecule has 0 aliphatic carbocycles. The van der Waals surface area contributed by atoms with Gasteiger partial charge in [0.15, 0.2) is 5.58 Å². The number of fused-ring (bicyclic) bond motifs is 11. The van der Waals surface area contributed by atoms with Crippen molar-refractivity contribution in [2.24, 2.45) is 0 Å². The Balaban J connectivity index is 1.16. The molecule has 4 heterocycles. The van der Waals surface area contributed by atoms with Crippen molar-refractivity contribution >= 4 is 78.9 Å². The average molecular weight is 801 g/mol. The Bertz CT molecular complexity index is 3600. The summed E-state index contributed by atoms with van der Waals surface area (Å²) in [4.78, 5) is 5.20. The molecule has 292 valence electrons. The van der Waals surface area contributed by atoms with Crippen LogP contribution in [0.3, 0.4) is 0 Å². The Kier molecular flexibility index (Phi) is 7.13. The van der Waals surface area contributed by atoms with Crippen molar-refractivity contribution in [1.29, 1.82) is 0 Å². The molecule has 63 heavy (non-hydrogen) atoms. The average Bonchev–Trinajstić information content (AvgIpc) is 3.74. The summed E-state index contributed by atoms with van der Waals surface area (Å²) in [5, 5.41) is 4.68. The minimum atomic E-state index is -0.617. The van der Waals surface area contributed by atoms with Gasteiger partial charge < -0.3 is 14.1 Å². The SMILES string of the molecule is c1ccc(-c2ccc(N3B4c5cccc6c5N(c5ccccc5C6(c5ccccc5)c5ccccc5)c5c4c(cc4c5oc5ccccc54)-c4cc5ccccc5cc43)cc2)cc1. The highest BCUT2D eigenvalue weighted by atomic mass is 16.3. The van der Waals surface area contributed by atoms with Gasteiger partial charge in [0.05, 0.1) is 16.8 Å². The first-order valence-corrected chi connectivity index (χ1v) is 21.9. The Hall–Kier alpha value is -8.08. The molecule has 14 rings (SSSR count). The summed E-state index contributed by atoms with van der Waals surface area (Å²) in [6.07, 6.45) is 0. The van der Waals surface area contributed by atoms with E-state index in [0.717, 1.165) is 39.0 Å². The summed E-state index contributed by atoms with van der Waals surface area (Å²) >= 11 is 0. The zero-order valence-electron chi connectivity index (χ0n) is 34.2. The third-order valence-electron chi connectivity index (χ3n) is 14.1. The highest BCUT2D eigenvalue weighted by Crippen LogP contribution is 2.60. The van der Waals surface area contributed by atoms with Crippen LogP contribution in [0, 0.1) is 0 Å². The molecule has 0 spiro atoms. The van der Waals surface area contributed by atoms with Crippen molar-refractivity contribution < 1.29 is 4.42 Å². The Labute approximate surface area is 365 Å². The van der Waals surface area contributed by atoms with Crippen LogP contribution in [-0.2, 0) is 5.41 Å². The van der Waals surface area contributed by atoms with Crippen LogP contribution in [0.1, 0.15) is 22.3 Å². The molecular weight excluding hydrogens is 763 g/mol. The normalized spacial score (nSPS) is 14.1. The zero-order chi connectivity index (χ0) is 41.2. The molecule has 0 atom stereocenters. The van der Waals surface area contributed by atoms with Crippen LogP contribution in [0.25, 0.3) is 55.0 Å². The molecule has 0 saturated carbocycles. The molecule has 11 aromatic rings. The van der Waals surface area contributed by atoms with E-state index in [1.54, 1.807) is 0 Å². The fourth-order valence-corrected chi connectivity index (χ4v) is 11.5. The van der Waals surface area contributed by atoms with E-state index >= 15 is 0 Å². The zero-order valence-corrected chi connectivity index (χ0v) is 34.2. The fourth-order valence-electron chi connectivity index (χ4n) is 11.5. The second-order valence-electron chi connectivity index (χ2n) is 17.1. The Morgan fingerprint density at radius 1 is 0.429 bits per heavy atom. The molecule has 0 unspecified atom stereocenters. The maximum absolute atomic E-state index is 7.17. The van der Waals surface area contributed by atoms with E-state index < -0.39 is 5.41 Å². The number of rotatable bonds is 4. The molecule has 0 saturated heterocycles. The molecule has 0 N–H and O–H groups in total. The van der Waals surface area contributed by atoms with Gasteiger partial charge in [-0.2, -0.15) is 0 Å². The molecule has 3 aliphatic rings. The van der Waals surface area contributed by atoms with E-state index in [4.69, 9.17) is 4.42 Å². The first-order chi connectivity index (χ1) is 31.3. The van der Waals surface area contributed by atoms with Crippen LogP contribution in [-0.4, -0.2) is 6.85 Å². The molecule has 3 aliphatic heterocycles.